The van der Waals surface area contributed by atoms with E-state index in [1.165, 1.54) is 17.4 Å². The monoisotopic (exact) mass is 433 g/mol. The van der Waals surface area contributed by atoms with Crippen LogP contribution in [0.2, 0.25) is 0 Å². The SMILES string of the molecule is O=C(c1ccc(-c2nc3ccccc3s2)o1)N1CCN(C(=O)c2ccccc2O)CC1. The first-order valence-electron chi connectivity index (χ1n) is 9.92. The van der Waals surface area contributed by atoms with E-state index in [-0.39, 0.29) is 28.9 Å². The molecule has 1 aliphatic heterocycles. The van der Waals surface area contributed by atoms with Gasteiger partial charge in [0.15, 0.2) is 16.5 Å². The molecule has 1 saturated heterocycles. The molecule has 31 heavy (non-hydrogen) atoms. The Morgan fingerprint density at radius 2 is 1.55 bits per heavy atom. The van der Waals surface area contributed by atoms with Crippen LogP contribution in [0.4, 0.5) is 0 Å². The highest BCUT2D eigenvalue weighted by Gasteiger charge is 2.28. The zero-order valence-electron chi connectivity index (χ0n) is 16.5. The molecule has 0 bridgehead atoms. The summed E-state index contributed by atoms with van der Waals surface area (Å²) in [4.78, 5) is 33.4. The number of rotatable bonds is 3. The van der Waals surface area contributed by atoms with Gasteiger partial charge < -0.3 is 19.3 Å². The van der Waals surface area contributed by atoms with E-state index in [1.807, 2.05) is 24.3 Å². The number of hydrogen-bond donors (Lipinski definition) is 1. The van der Waals surface area contributed by atoms with Gasteiger partial charge in [-0.2, -0.15) is 0 Å². The summed E-state index contributed by atoms with van der Waals surface area (Å²) in [5.41, 5.74) is 1.17. The van der Waals surface area contributed by atoms with Crippen molar-refractivity contribution in [1.82, 2.24) is 14.8 Å². The molecule has 3 heterocycles. The highest BCUT2D eigenvalue weighted by atomic mass is 32.1. The predicted molar refractivity (Wildman–Crippen MR) is 117 cm³/mol. The Kier molecular flexibility index (Phi) is 4.91. The molecule has 4 aromatic rings. The minimum Gasteiger partial charge on any atom is -0.507 e. The summed E-state index contributed by atoms with van der Waals surface area (Å²) < 4.78 is 6.88. The van der Waals surface area contributed by atoms with E-state index in [1.54, 1.807) is 40.1 Å². The van der Waals surface area contributed by atoms with Crippen LogP contribution < -0.4 is 0 Å². The molecule has 0 unspecified atom stereocenters. The maximum atomic E-state index is 12.9. The van der Waals surface area contributed by atoms with Crippen molar-refractivity contribution in [1.29, 1.82) is 0 Å². The van der Waals surface area contributed by atoms with E-state index in [0.717, 1.165) is 15.2 Å². The second-order valence-electron chi connectivity index (χ2n) is 7.25. The molecular formula is C23H19N3O4S. The van der Waals surface area contributed by atoms with Crippen LogP contribution in [0.1, 0.15) is 20.9 Å². The van der Waals surface area contributed by atoms with Crippen LogP contribution in [0.15, 0.2) is 65.1 Å². The van der Waals surface area contributed by atoms with Crippen LogP contribution in [-0.2, 0) is 0 Å². The number of carbonyl (C=O) groups is 2. The number of piperazine rings is 1. The zero-order chi connectivity index (χ0) is 21.4. The van der Waals surface area contributed by atoms with Gasteiger partial charge in [0.2, 0.25) is 0 Å². The molecule has 2 amide bonds. The van der Waals surface area contributed by atoms with E-state index < -0.39 is 0 Å². The van der Waals surface area contributed by atoms with Gasteiger partial charge in [-0.25, -0.2) is 4.98 Å². The Bertz CT molecular complexity index is 1240. The smallest absolute Gasteiger partial charge is 0.289 e. The quantitative estimate of drug-likeness (QED) is 0.530. The fourth-order valence-corrected chi connectivity index (χ4v) is 4.57. The van der Waals surface area contributed by atoms with E-state index in [4.69, 9.17) is 4.42 Å². The molecule has 5 rings (SSSR count). The third-order valence-corrected chi connectivity index (χ3v) is 6.36. The molecular weight excluding hydrogens is 414 g/mol. The molecule has 2 aromatic carbocycles. The molecule has 0 radical (unpaired) electrons. The van der Waals surface area contributed by atoms with Gasteiger partial charge in [-0.15, -0.1) is 11.3 Å². The normalized spacial score (nSPS) is 14.2. The summed E-state index contributed by atoms with van der Waals surface area (Å²) in [6.45, 7) is 1.58. The Morgan fingerprint density at radius 1 is 0.871 bits per heavy atom. The van der Waals surface area contributed by atoms with Gasteiger partial charge in [0.05, 0.1) is 15.8 Å². The first-order valence-corrected chi connectivity index (χ1v) is 10.7. The number of para-hydroxylation sites is 2. The number of phenols is 1. The Morgan fingerprint density at radius 3 is 2.29 bits per heavy atom. The second kappa shape index (κ2) is 7.88. The number of phenolic OH excluding ortho intramolecular Hbond substituents is 1. The number of amides is 2. The fourth-order valence-electron chi connectivity index (χ4n) is 3.64. The molecule has 2 aromatic heterocycles. The summed E-state index contributed by atoms with van der Waals surface area (Å²) >= 11 is 1.52. The van der Waals surface area contributed by atoms with Crippen molar-refractivity contribution >= 4 is 33.4 Å². The van der Waals surface area contributed by atoms with Gasteiger partial charge in [-0.05, 0) is 36.4 Å². The van der Waals surface area contributed by atoms with Crippen molar-refractivity contribution in [3.05, 3.63) is 72.0 Å². The van der Waals surface area contributed by atoms with Gasteiger partial charge in [0.25, 0.3) is 11.8 Å². The van der Waals surface area contributed by atoms with Crippen molar-refractivity contribution in [3.8, 4) is 16.5 Å². The third-order valence-electron chi connectivity index (χ3n) is 5.31. The van der Waals surface area contributed by atoms with E-state index in [9.17, 15) is 14.7 Å². The first-order chi connectivity index (χ1) is 15.1. The van der Waals surface area contributed by atoms with E-state index in [0.29, 0.717) is 31.9 Å². The zero-order valence-corrected chi connectivity index (χ0v) is 17.3. The number of aromatic nitrogens is 1. The maximum absolute atomic E-state index is 12.9. The number of furan rings is 1. The van der Waals surface area contributed by atoms with Crippen LogP contribution >= 0.6 is 11.3 Å². The van der Waals surface area contributed by atoms with Gasteiger partial charge in [0.1, 0.15) is 5.75 Å². The number of thiazole rings is 1. The van der Waals surface area contributed by atoms with E-state index >= 15 is 0 Å². The van der Waals surface area contributed by atoms with Gasteiger partial charge >= 0.3 is 0 Å². The fraction of sp³-hybridized carbons (Fsp3) is 0.174. The molecule has 0 atom stereocenters. The highest BCUT2D eigenvalue weighted by molar-refractivity contribution is 7.21. The van der Waals surface area contributed by atoms with Crippen LogP contribution in [0.3, 0.4) is 0 Å². The lowest BCUT2D eigenvalue weighted by atomic mass is 10.1. The number of aromatic hydroxyl groups is 1. The van der Waals surface area contributed by atoms with Crippen molar-refractivity contribution in [2.75, 3.05) is 26.2 Å². The van der Waals surface area contributed by atoms with Crippen LogP contribution in [-0.4, -0.2) is 57.9 Å². The average molecular weight is 433 g/mol. The van der Waals surface area contributed by atoms with Gasteiger partial charge in [-0.3, -0.25) is 9.59 Å². The van der Waals surface area contributed by atoms with Gasteiger partial charge in [0, 0.05) is 26.2 Å². The summed E-state index contributed by atoms with van der Waals surface area (Å²) in [6.07, 6.45) is 0. The standard InChI is InChI=1S/C23H19N3O4S/c27-17-7-3-1-5-15(17)22(28)25-11-13-26(14-12-25)23(29)19-10-9-18(30-19)21-24-16-6-2-4-8-20(16)31-21/h1-10,27H,11-14H2. The summed E-state index contributed by atoms with van der Waals surface area (Å²) in [5, 5.41) is 10.6. The lowest BCUT2D eigenvalue weighted by Gasteiger charge is -2.34. The molecule has 1 fully saturated rings. The molecule has 1 aliphatic rings. The van der Waals surface area contributed by atoms with Crippen LogP contribution in [0, 0.1) is 0 Å². The Balaban J connectivity index is 1.26. The summed E-state index contributed by atoms with van der Waals surface area (Å²) in [7, 11) is 0. The number of nitrogens with zero attached hydrogens (tertiary/aromatic N) is 3. The minimum atomic E-state index is -0.235. The largest absolute Gasteiger partial charge is 0.507 e. The van der Waals surface area contributed by atoms with Crippen LogP contribution in [0.25, 0.3) is 21.0 Å². The van der Waals surface area contributed by atoms with Crippen molar-refractivity contribution in [3.63, 3.8) is 0 Å². The summed E-state index contributed by atoms with van der Waals surface area (Å²) in [6, 6.07) is 17.8. The molecule has 156 valence electrons. The minimum absolute atomic E-state index is 0.0380. The number of carbonyl (C=O) groups excluding carboxylic acids is 2. The van der Waals surface area contributed by atoms with Gasteiger partial charge in [-0.1, -0.05) is 24.3 Å². The highest BCUT2D eigenvalue weighted by Crippen LogP contribution is 2.31. The predicted octanol–water partition coefficient (Wildman–Crippen LogP) is 3.86. The summed E-state index contributed by atoms with van der Waals surface area (Å²) in [5.74, 6) is 0.347. The average Bonchev–Trinajstić information content (AvgIpc) is 3.46. The number of benzene rings is 2. The van der Waals surface area contributed by atoms with E-state index in [2.05, 4.69) is 4.98 Å². The topological polar surface area (TPSA) is 86.9 Å². The molecule has 0 spiro atoms. The molecule has 8 heteroatoms. The van der Waals surface area contributed by atoms with Crippen molar-refractivity contribution < 1.29 is 19.1 Å². The molecule has 7 nitrogen and oxygen atoms in total. The van der Waals surface area contributed by atoms with Crippen molar-refractivity contribution in [2.45, 2.75) is 0 Å². The molecule has 0 saturated carbocycles. The first kappa shape index (κ1) is 19.3. The third kappa shape index (κ3) is 3.66. The Hall–Kier alpha value is -3.65. The Labute approximate surface area is 182 Å². The number of hydrogen-bond acceptors (Lipinski definition) is 6. The molecule has 0 aliphatic carbocycles. The number of fused-ring (bicyclic) bond motifs is 1. The maximum Gasteiger partial charge on any atom is 0.289 e. The second-order valence-corrected chi connectivity index (χ2v) is 8.28. The lowest BCUT2D eigenvalue weighted by molar-refractivity contribution is 0.0517. The van der Waals surface area contributed by atoms with Crippen molar-refractivity contribution in [2.24, 2.45) is 0 Å². The molecule has 1 N–H and O–H groups in total. The van der Waals surface area contributed by atoms with Crippen LogP contribution in [0.5, 0.6) is 5.75 Å². The lowest BCUT2D eigenvalue weighted by Crippen LogP contribution is -2.50.